The number of aliphatic hydroxyl groups is 1. The molecule has 4 nitrogen and oxygen atoms in total. The van der Waals surface area contributed by atoms with Crippen LogP contribution in [0.5, 0.6) is 5.75 Å². The summed E-state index contributed by atoms with van der Waals surface area (Å²) in [5, 5.41) is 11.8. The predicted octanol–water partition coefficient (Wildman–Crippen LogP) is 1.86. The molecule has 0 amide bonds. The lowest BCUT2D eigenvalue weighted by molar-refractivity contribution is -0.210. The van der Waals surface area contributed by atoms with Crippen molar-refractivity contribution in [2.45, 2.75) is 18.8 Å². The number of ether oxygens (including phenoxy) is 2. The molecule has 0 bridgehead atoms. The number of hydrogen-bond donors (Lipinski definition) is 2. The molecule has 0 fully saturated rings. The Morgan fingerprint density at radius 2 is 2.00 bits per heavy atom. The molecule has 1 aromatic rings. The van der Waals surface area contributed by atoms with Gasteiger partial charge in [-0.1, -0.05) is 0 Å². The third-order valence-electron chi connectivity index (χ3n) is 2.53. The molecule has 0 aromatic heterocycles. The Morgan fingerprint density at radius 1 is 1.29 bits per heavy atom. The molecule has 1 rings (SSSR count). The highest BCUT2D eigenvalue weighted by atomic mass is 19.4. The van der Waals surface area contributed by atoms with Crippen LogP contribution in [0.1, 0.15) is 5.56 Å². The normalized spacial score (nSPS) is 13.2. The van der Waals surface area contributed by atoms with Gasteiger partial charge >= 0.3 is 6.18 Å². The van der Waals surface area contributed by atoms with E-state index >= 15 is 0 Å². The highest BCUT2D eigenvalue weighted by molar-refractivity contribution is 5.29. The van der Waals surface area contributed by atoms with Gasteiger partial charge in [-0.05, 0) is 17.7 Å². The highest BCUT2D eigenvalue weighted by Crippen LogP contribution is 2.22. The number of halogens is 4. The Labute approximate surface area is 119 Å². The van der Waals surface area contributed by atoms with E-state index < -0.39 is 24.7 Å². The number of methoxy groups -OCH3 is 1. The maximum absolute atomic E-state index is 13.3. The number of rotatable bonds is 8. The van der Waals surface area contributed by atoms with Gasteiger partial charge in [-0.3, -0.25) is 0 Å². The molecule has 0 aliphatic rings. The lowest BCUT2D eigenvalue weighted by Crippen LogP contribution is -2.34. The van der Waals surface area contributed by atoms with Gasteiger partial charge < -0.3 is 19.9 Å². The molecule has 0 saturated carbocycles. The maximum Gasteiger partial charge on any atom is 0.417 e. The van der Waals surface area contributed by atoms with Gasteiger partial charge in [0, 0.05) is 26.3 Å². The average molecular weight is 311 g/mol. The molecule has 21 heavy (non-hydrogen) atoms. The Balaban J connectivity index is 2.56. The Hall–Kier alpha value is -1.38. The summed E-state index contributed by atoms with van der Waals surface area (Å²) in [5.74, 6) is -0.695. The molecule has 0 spiro atoms. The van der Waals surface area contributed by atoms with E-state index in [0.717, 1.165) is 6.07 Å². The quantitative estimate of drug-likeness (QED) is 0.568. The average Bonchev–Trinajstić information content (AvgIpc) is 2.39. The Morgan fingerprint density at radius 3 is 2.62 bits per heavy atom. The summed E-state index contributed by atoms with van der Waals surface area (Å²) in [6, 6.07) is 3.61. The van der Waals surface area contributed by atoms with Crippen molar-refractivity contribution in [1.29, 1.82) is 0 Å². The molecule has 0 aliphatic heterocycles. The molecule has 0 aliphatic carbocycles. The smallest absolute Gasteiger partial charge is 0.417 e. The van der Waals surface area contributed by atoms with Gasteiger partial charge in [-0.15, -0.1) is 0 Å². The summed E-state index contributed by atoms with van der Waals surface area (Å²) in [5.41, 5.74) is 0.516. The van der Waals surface area contributed by atoms with Crippen molar-refractivity contribution in [1.82, 2.24) is 5.32 Å². The van der Waals surface area contributed by atoms with E-state index in [1.807, 2.05) is 0 Å². The third-order valence-corrected chi connectivity index (χ3v) is 2.53. The van der Waals surface area contributed by atoms with Gasteiger partial charge in [-0.25, -0.2) is 4.39 Å². The fourth-order valence-corrected chi connectivity index (χ4v) is 1.48. The summed E-state index contributed by atoms with van der Waals surface area (Å²) in [4.78, 5) is 0. The van der Waals surface area contributed by atoms with E-state index in [4.69, 9.17) is 14.6 Å². The minimum Gasteiger partial charge on any atom is -0.490 e. The lowest BCUT2D eigenvalue weighted by atomic mass is 10.2. The summed E-state index contributed by atoms with van der Waals surface area (Å²) >= 11 is 0. The molecular weight excluding hydrogens is 294 g/mol. The van der Waals surface area contributed by atoms with Crippen molar-refractivity contribution in [2.75, 3.05) is 26.9 Å². The number of aliphatic hydroxyl groups excluding tert-OH is 1. The standard InChI is InChI=1S/C13H17F4NO3/c1-20-3-2-18-7-9-4-10(14)6-11(5-9)21-8-12(19)13(15,16)17/h4-6,12,18-19H,2-3,7-8H2,1H3. The molecule has 120 valence electrons. The van der Waals surface area contributed by atoms with Crippen LogP contribution in [0.25, 0.3) is 0 Å². The maximum atomic E-state index is 13.3. The van der Waals surface area contributed by atoms with Gasteiger partial charge in [-0.2, -0.15) is 13.2 Å². The van der Waals surface area contributed by atoms with Gasteiger partial charge in [0.05, 0.1) is 6.61 Å². The number of benzene rings is 1. The number of nitrogens with one attached hydrogen (secondary N) is 1. The summed E-state index contributed by atoms with van der Waals surface area (Å²) in [6.07, 6.45) is -7.37. The zero-order valence-electron chi connectivity index (χ0n) is 11.4. The van der Waals surface area contributed by atoms with E-state index in [0.29, 0.717) is 25.3 Å². The minimum atomic E-state index is -4.77. The van der Waals surface area contributed by atoms with Crippen LogP contribution in [0.15, 0.2) is 18.2 Å². The van der Waals surface area contributed by atoms with Gasteiger partial charge in [0.25, 0.3) is 0 Å². The van der Waals surface area contributed by atoms with Crippen molar-refractivity contribution in [3.8, 4) is 5.75 Å². The zero-order chi connectivity index (χ0) is 15.9. The highest BCUT2D eigenvalue weighted by Gasteiger charge is 2.38. The van der Waals surface area contributed by atoms with Crippen molar-refractivity contribution < 1.29 is 32.1 Å². The van der Waals surface area contributed by atoms with Crippen LogP contribution in [0, 0.1) is 5.82 Å². The van der Waals surface area contributed by atoms with Crippen LogP contribution in [-0.2, 0) is 11.3 Å². The molecule has 1 atom stereocenters. The fraction of sp³-hybridized carbons (Fsp3) is 0.538. The van der Waals surface area contributed by atoms with E-state index in [-0.39, 0.29) is 5.75 Å². The molecule has 0 heterocycles. The van der Waals surface area contributed by atoms with Crippen LogP contribution in [0.3, 0.4) is 0 Å². The van der Waals surface area contributed by atoms with E-state index in [1.54, 1.807) is 7.11 Å². The molecule has 1 aromatic carbocycles. The molecule has 0 saturated heterocycles. The summed E-state index contributed by atoms with van der Waals surface area (Å²) < 4.78 is 59.3. The first-order valence-electron chi connectivity index (χ1n) is 6.19. The van der Waals surface area contributed by atoms with Crippen LogP contribution in [-0.4, -0.2) is 44.3 Å². The van der Waals surface area contributed by atoms with Crippen molar-refractivity contribution in [3.05, 3.63) is 29.6 Å². The lowest BCUT2D eigenvalue weighted by Gasteiger charge is -2.15. The van der Waals surface area contributed by atoms with Crippen molar-refractivity contribution in [2.24, 2.45) is 0 Å². The van der Waals surface area contributed by atoms with Crippen LogP contribution >= 0.6 is 0 Å². The zero-order valence-corrected chi connectivity index (χ0v) is 11.4. The largest absolute Gasteiger partial charge is 0.490 e. The first-order chi connectivity index (χ1) is 9.82. The topological polar surface area (TPSA) is 50.7 Å². The molecule has 0 radical (unpaired) electrons. The Bertz CT molecular complexity index is 440. The van der Waals surface area contributed by atoms with Crippen LogP contribution < -0.4 is 10.1 Å². The molecular formula is C13H17F4NO3. The summed E-state index contributed by atoms with van der Waals surface area (Å²) in [6.45, 7) is 0.370. The van der Waals surface area contributed by atoms with Gasteiger partial charge in [0.2, 0.25) is 0 Å². The number of alkyl halides is 3. The molecule has 1 unspecified atom stereocenters. The van der Waals surface area contributed by atoms with E-state index in [9.17, 15) is 17.6 Å². The van der Waals surface area contributed by atoms with Crippen LogP contribution in [0.4, 0.5) is 17.6 Å². The summed E-state index contributed by atoms with van der Waals surface area (Å²) in [7, 11) is 1.54. The SMILES string of the molecule is COCCNCc1cc(F)cc(OCC(O)C(F)(F)F)c1. The van der Waals surface area contributed by atoms with Gasteiger partial charge in [0.15, 0.2) is 6.10 Å². The van der Waals surface area contributed by atoms with Crippen LogP contribution in [0.2, 0.25) is 0 Å². The van der Waals surface area contributed by atoms with Crippen molar-refractivity contribution in [3.63, 3.8) is 0 Å². The monoisotopic (exact) mass is 311 g/mol. The second-order valence-corrected chi connectivity index (χ2v) is 4.33. The fourth-order valence-electron chi connectivity index (χ4n) is 1.48. The Kier molecular flexibility index (Phi) is 6.86. The number of hydrogen-bond acceptors (Lipinski definition) is 4. The first-order valence-corrected chi connectivity index (χ1v) is 6.19. The van der Waals surface area contributed by atoms with E-state index in [1.165, 1.54) is 12.1 Å². The molecule has 8 heteroatoms. The second kappa shape index (κ2) is 8.16. The van der Waals surface area contributed by atoms with Crippen molar-refractivity contribution >= 4 is 0 Å². The molecule has 2 N–H and O–H groups in total. The first kappa shape index (κ1) is 17.7. The van der Waals surface area contributed by atoms with Gasteiger partial charge in [0.1, 0.15) is 18.2 Å². The second-order valence-electron chi connectivity index (χ2n) is 4.33. The van der Waals surface area contributed by atoms with E-state index in [2.05, 4.69) is 5.32 Å². The predicted molar refractivity (Wildman–Crippen MR) is 67.5 cm³/mol. The third kappa shape index (κ3) is 6.74. The minimum absolute atomic E-state index is 0.0677.